The summed E-state index contributed by atoms with van der Waals surface area (Å²) >= 11 is 0. The normalized spacial score (nSPS) is 18.0. The standard InChI is InChI=1S/C17H28N4O3/c1-4-14(5-2)21-15(8-9-18-21)19-17(23)13-7-6-10-20(11-13)16(22)12-24-3/h8-9,13-14H,4-7,10-12H2,1-3H3,(H,19,23). The minimum Gasteiger partial charge on any atom is -0.375 e. The zero-order valence-corrected chi connectivity index (χ0v) is 14.8. The van der Waals surface area contributed by atoms with Crippen molar-refractivity contribution in [3.8, 4) is 0 Å². The molecule has 1 aliphatic rings. The van der Waals surface area contributed by atoms with Crippen molar-refractivity contribution in [3.05, 3.63) is 12.3 Å². The van der Waals surface area contributed by atoms with Gasteiger partial charge < -0.3 is 15.0 Å². The van der Waals surface area contributed by atoms with Crippen LogP contribution in [0, 0.1) is 5.92 Å². The van der Waals surface area contributed by atoms with Crippen LogP contribution in [0.25, 0.3) is 0 Å². The first-order valence-corrected chi connectivity index (χ1v) is 8.71. The Morgan fingerprint density at radius 1 is 1.42 bits per heavy atom. The van der Waals surface area contributed by atoms with Crippen molar-refractivity contribution < 1.29 is 14.3 Å². The molecule has 1 aromatic rings. The molecular weight excluding hydrogens is 308 g/mol. The van der Waals surface area contributed by atoms with Gasteiger partial charge in [0.25, 0.3) is 0 Å². The number of rotatable bonds is 7. The Balaban J connectivity index is 2.00. The van der Waals surface area contributed by atoms with Gasteiger partial charge >= 0.3 is 0 Å². The Hall–Kier alpha value is -1.89. The second-order valence-electron chi connectivity index (χ2n) is 6.23. The smallest absolute Gasteiger partial charge is 0.248 e. The molecule has 24 heavy (non-hydrogen) atoms. The van der Waals surface area contributed by atoms with E-state index in [9.17, 15) is 9.59 Å². The van der Waals surface area contributed by atoms with Crippen molar-refractivity contribution in [3.63, 3.8) is 0 Å². The highest BCUT2D eigenvalue weighted by molar-refractivity contribution is 5.92. The molecular formula is C17H28N4O3. The van der Waals surface area contributed by atoms with Crippen LogP contribution in [0.2, 0.25) is 0 Å². The summed E-state index contributed by atoms with van der Waals surface area (Å²) in [4.78, 5) is 26.3. The van der Waals surface area contributed by atoms with Gasteiger partial charge in [0.15, 0.2) is 0 Å². The van der Waals surface area contributed by atoms with Crippen LogP contribution >= 0.6 is 0 Å². The number of carbonyl (C=O) groups is 2. The lowest BCUT2D eigenvalue weighted by Gasteiger charge is -2.32. The summed E-state index contributed by atoms with van der Waals surface area (Å²) in [6, 6.07) is 2.11. The van der Waals surface area contributed by atoms with E-state index in [-0.39, 0.29) is 30.4 Å². The molecule has 1 unspecified atom stereocenters. The third-order valence-electron chi connectivity index (χ3n) is 4.62. The van der Waals surface area contributed by atoms with Crippen molar-refractivity contribution >= 4 is 17.6 Å². The van der Waals surface area contributed by atoms with Crippen LogP contribution in [0.4, 0.5) is 5.82 Å². The van der Waals surface area contributed by atoms with Gasteiger partial charge in [-0.3, -0.25) is 9.59 Å². The van der Waals surface area contributed by atoms with E-state index in [1.54, 1.807) is 11.1 Å². The van der Waals surface area contributed by atoms with Gasteiger partial charge in [0.05, 0.1) is 18.2 Å². The summed E-state index contributed by atoms with van der Waals surface area (Å²) in [5.74, 6) is 0.438. The molecule has 1 fully saturated rings. The molecule has 1 aliphatic heterocycles. The lowest BCUT2D eigenvalue weighted by molar-refractivity contribution is -0.138. The maximum atomic E-state index is 12.6. The quantitative estimate of drug-likeness (QED) is 0.827. The van der Waals surface area contributed by atoms with Gasteiger partial charge in [0.2, 0.25) is 11.8 Å². The summed E-state index contributed by atoms with van der Waals surface area (Å²) in [6.45, 7) is 5.43. The molecule has 134 valence electrons. The number of nitrogens with zero attached hydrogens (tertiary/aromatic N) is 3. The Kier molecular flexibility index (Phi) is 6.78. The number of nitrogens with one attached hydrogen (secondary N) is 1. The van der Waals surface area contributed by atoms with E-state index in [0.717, 1.165) is 31.5 Å². The number of anilines is 1. The topological polar surface area (TPSA) is 76.5 Å². The van der Waals surface area contributed by atoms with Crippen LogP contribution in [0.15, 0.2) is 12.3 Å². The maximum absolute atomic E-state index is 12.6. The number of piperidine rings is 1. The molecule has 1 saturated heterocycles. The molecule has 1 N–H and O–H groups in total. The SMILES string of the molecule is CCC(CC)n1nccc1NC(=O)C1CCCN(C(=O)COC)C1. The number of carbonyl (C=O) groups excluding carboxylic acids is 2. The van der Waals surface area contributed by atoms with E-state index in [4.69, 9.17) is 4.74 Å². The van der Waals surface area contributed by atoms with E-state index in [2.05, 4.69) is 24.3 Å². The highest BCUT2D eigenvalue weighted by Gasteiger charge is 2.29. The van der Waals surface area contributed by atoms with E-state index in [1.807, 2.05) is 10.7 Å². The van der Waals surface area contributed by atoms with E-state index in [0.29, 0.717) is 13.1 Å². The first-order valence-electron chi connectivity index (χ1n) is 8.71. The molecule has 2 amide bonds. The van der Waals surface area contributed by atoms with Gasteiger partial charge in [-0.1, -0.05) is 13.8 Å². The van der Waals surface area contributed by atoms with Gasteiger partial charge in [-0.2, -0.15) is 5.10 Å². The zero-order valence-electron chi connectivity index (χ0n) is 14.8. The van der Waals surface area contributed by atoms with Gasteiger partial charge in [-0.15, -0.1) is 0 Å². The van der Waals surface area contributed by atoms with E-state index in [1.165, 1.54) is 7.11 Å². The molecule has 1 aromatic heterocycles. The first-order chi connectivity index (χ1) is 11.6. The lowest BCUT2D eigenvalue weighted by atomic mass is 9.97. The fraction of sp³-hybridized carbons (Fsp3) is 0.706. The van der Waals surface area contributed by atoms with Crippen LogP contribution in [0.1, 0.15) is 45.6 Å². The van der Waals surface area contributed by atoms with Crippen LogP contribution < -0.4 is 5.32 Å². The highest BCUT2D eigenvalue weighted by Crippen LogP contribution is 2.22. The summed E-state index contributed by atoms with van der Waals surface area (Å²) in [5.41, 5.74) is 0. The molecule has 7 heteroatoms. The first kappa shape index (κ1) is 18.4. The minimum atomic E-state index is -0.190. The average Bonchev–Trinajstić information content (AvgIpc) is 3.04. The van der Waals surface area contributed by atoms with Gasteiger partial charge in [0.1, 0.15) is 12.4 Å². The second-order valence-corrected chi connectivity index (χ2v) is 6.23. The monoisotopic (exact) mass is 336 g/mol. The molecule has 2 rings (SSSR count). The van der Waals surface area contributed by atoms with Crippen molar-refractivity contribution in [2.75, 3.05) is 32.1 Å². The number of amides is 2. The molecule has 2 heterocycles. The number of hydrogen-bond donors (Lipinski definition) is 1. The maximum Gasteiger partial charge on any atom is 0.248 e. The van der Waals surface area contributed by atoms with Crippen LogP contribution in [0.5, 0.6) is 0 Å². The Labute approximate surface area is 143 Å². The average molecular weight is 336 g/mol. The third kappa shape index (κ3) is 4.35. The summed E-state index contributed by atoms with van der Waals surface area (Å²) < 4.78 is 6.78. The summed E-state index contributed by atoms with van der Waals surface area (Å²) in [5, 5.41) is 7.34. The van der Waals surface area contributed by atoms with Gasteiger partial charge in [-0.05, 0) is 25.7 Å². The Morgan fingerprint density at radius 2 is 2.17 bits per heavy atom. The van der Waals surface area contributed by atoms with Crippen molar-refractivity contribution in [1.29, 1.82) is 0 Å². The fourth-order valence-electron chi connectivity index (χ4n) is 3.20. The number of ether oxygens (including phenoxy) is 1. The van der Waals surface area contributed by atoms with Gasteiger partial charge in [-0.25, -0.2) is 4.68 Å². The molecule has 0 bridgehead atoms. The van der Waals surface area contributed by atoms with Crippen molar-refractivity contribution in [1.82, 2.24) is 14.7 Å². The summed E-state index contributed by atoms with van der Waals surface area (Å²) in [7, 11) is 1.51. The van der Waals surface area contributed by atoms with Crippen LogP contribution in [0.3, 0.4) is 0 Å². The molecule has 1 atom stereocenters. The van der Waals surface area contributed by atoms with Gasteiger partial charge in [0, 0.05) is 26.3 Å². The van der Waals surface area contributed by atoms with E-state index < -0.39 is 0 Å². The second kappa shape index (κ2) is 8.82. The molecule has 0 radical (unpaired) electrons. The lowest BCUT2D eigenvalue weighted by Crippen LogP contribution is -2.45. The van der Waals surface area contributed by atoms with Crippen LogP contribution in [-0.4, -0.2) is 53.3 Å². The molecule has 0 saturated carbocycles. The molecule has 0 aromatic carbocycles. The highest BCUT2D eigenvalue weighted by atomic mass is 16.5. The Morgan fingerprint density at radius 3 is 2.83 bits per heavy atom. The predicted octanol–water partition coefficient (Wildman–Crippen LogP) is 2.07. The number of likely N-dealkylation sites (tertiary alicyclic amines) is 1. The predicted molar refractivity (Wildman–Crippen MR) is 91.7 cm³/mol. The minimum absolute atomic E-state index is 0.0439. The molecule has 7 nitrogen and oxygen atoms in total. The Bertz CT molecular complexity index is 554. The number of methoxy groups -OCH3 is 1. The van der Waals surface area contributed by atoms with E-state index >= 15 is 0 Å². The number of aromatic nitrogens is 2. The molecule has 0 spiro atoms. The zero-order chi connectivity index (χ0) is 17.5. The van der Waals surface area contributed by atoms with Crippen LogP contribution in [-0.2, 0) is 14.3 Å². The fourth-order valence-corrected chi connectivity index (χ4v) is 3.20. The largest absolute Gasteiger partial charge is 0.375 e. The third-order valence-corrected chi connectivity index (χ3v) is 4.62. The number of hydrogen-bond acceptors (Lipinski definition) is 4. The summed E-state index contributed by atoms with van der Waals surface area (Å²) in [6.07, 6.45) is 5.26. The van der Waals surface area contributed by atoms with Crippen molar-refractivity contribution in [2.45, 2.75) is 45.6 Å². The van der Waals surface area contributed by atoms with Crippen molar-refractivity contribution in [2.24, 2.45) is 5.92 Å². The molecule has 0 aliphatic carbocycles.